The number of rotatable bonds is 6. The van der Waals surface area contributed by atoms with Crippen molar-refractivity contribution >= 4 is 12.1 Å². The molecule has 3 saturated heterocycles. The molecule has 4 rings (SSSR count). The highest BCUT2D eigenvalue weighted by molar-refractivity contribution is 5.83. The molecule has 7 nitrogen and oxygen atoms in total. The monoisotopic (exact) mass is 498 g/mol. The van der Waals surface area contributed by atoms with Crippen LogP contribution in [0.15, 0.2) is 18.2 Å². The molecular formula is C25H33F3N2O5. The molecular weight excluding hydrogens is 465 g/mol. The number of alkyl halides is 3. The Morgan fingerprint density at radius 2 is 1.77 bits per heavy atom. The Bertz CT molecular complexity index is 932. The van der Waals surface area contributed by atoms with E-state index < -0.39 is 29.2 Å². The molecule has 0 saturated carbocycles. The minimum Gasteiger partial charge on any atom is -0.465 e. The van der Waals surface area contributed by atoms with Crippen molar-refractivity contribution in [1.29, 1.82) is 0 Å². The molecule has 2 atom stereocenters. The van der Waals surface area contributed by atoms with Crippen LogP contribution in [0.25, 0.3) is 0 Å². The van der Waals surface area contributed by atoms with Gasteiger partial charge in [0.05, 0.1) is 17.6 Å². The molecule has 1 N–H and O–H groups in total. The van der Waals surface area contributed by atoms with Crippen LogP contribution in [0.4, 0.5) is 18.0 Å². The van der Waals surface area contributed by atoms with Crippen LogP contribution < -0.4 is 0 Å². The summed E-state index contributed by atoms with van der Waals surface area (Å²) in [5, 5.41) is 9.20. The molecule has 194 valence electrons. The van der Waals surface area contributed by atoms with E-state index in [2.05, 4.69) is 0 Å². The maximum atomic E-state index is 14.2. The van der Waals surface area contributed by atoms with E-state index in [1.165, 1.54) is 11.0 Å². The Balaban J connectivity index is 1.57. The summed E-state index contributed by atoms with van der Waals surface area (Å²) in [6.45, 7) is 6.69. The first-order valence-corrected chi connectivity index (χ1v) is 12.2. The maximum Gasteiger partial charge on any atom is 0.416 e. The van der Waals surface area contributed by atoms with Gasteiger partial charge in [-0.2, -0.15) is 13.2 Å². The number of hydrogen-bond acceptors (Lipinski definition) is 5. The lowest BCUT2D eigenvalue weighted by molar-refractivity contribution is -0.156. The van der Waals surface area contributed by atoms with E-state index in [0.717, 1.165) is 6.07 Å². The van der Waals surface area contributed by atoms with E-state index in [1.807, 2.05) is 18.7 Å². The third kappa shape index (κ3) is 5.43. The van der Waals surface area contributed by atoms with E-state index in [9.17, 15) is 27.9 Å². The fourth-order valence-electron chi connectivity index (χ4n) is 5.60. The summed E-state index contributed by atoms with van der Waals surface area (Å²) in [5.41, 5.74) is -1.41. The molecule has 0 aliphatic carbocycles. The predicted molar refractivity (Wildman–Crippen MR) is 121 cm³/mol. The second-order valence-electron chi connectivity index (χ2n) is 10.5. The van der Waals surface area contributed by atoms with Crippen LogP contribution in [0.2, 0.25) is 0 Å². The van der Waals surface area contributed by atoms with Crippen LogP contribution >= 0.6 is 0 Å². The summed E-state index contributed by atoms with van der Waals surface area (Å²) in [7, 11) is 0. The summed E-state index contributed by atoms with van der Waals surface area (Å²) >= 11 is 0. The number of esters is 1. The number of fused-ring (bicyclic) bond motifs is 1. The van der Waals surface area contributed by atoms with Gasteiger partial charge in [-0.05, 0) is 47.8 Å². The zero-order chi connectivity index (χ0) is 25.4. The summed E-state index contributed by atoms with van der Waals surface area (Å²) in [6, 6.07) is 4.25. The van der Waals surface area contributed by atoms with E-state index in [0.29, 0.717) is 31.7 Å². The second kappa shape index (κ2) is 9.97. The highest BCUT2D eigenvalue weighted by Crippen LogP contribution is 2.41. The topological polar surface area (TPSA) is 79.3 Å². The summed E-state index contributed by atoms with van der Waals surface area (Å²) < 4.78 is 53.5. The Kier molecular flexibility index (Phi) is 7.33. The minimum absolute atomic E-state index is 0.117. The lowest BCUT2D eigenvalue weighted by Crippen LogP contribution is -2.43. The van der Waals surface area contributed by atoms with E-state index in [4.69, 9.17) is 9.47 Å². The van der Waals surface area contributed by atoms with Crippen molar-refractivity contribution in [2.24, 2.45) is 17.8 Å². The van der Waals surface area contributed by atoms with Crippen molar-refractivity contribution in [3.8, 4) is 0 Å². The molecule has 3 fully saturated rings. The van der Waals surface area contributed by atoms with Gasteiger partial charge in [-0.25, -0.2) is 4.79 Å². The molecule has 0 bridgehead atoms. The summed E-state index contributed by atoms with van der Waals surface area (Å²) in [4.78, 5) is 27.7. The van der Waals surface area contributed by atoms with Gasteiger partial charge < -0.3 is 19.5 Å². The first-order chi connectivity index (χ1) is 16.5. The number of hydrogen-bond donors (Lipinski definition) is 1. The fourth-order valence-corrected chi connectivity index (χ4v) is 5.60. The quantitative estimate of drug-likeness (QED) is 0.598. The number of halogens is 3. The standard InChI is InChI=1S/C25H33F3N2O5/c1-16(2)15-35-22(31)24(5-7-34-8-6-24)20-4-3-17(21(9-20)25(26,27)28)10-29-11-18-13-30(23(32)33)14-19(18)12-29/h3-4,9,16,18-19H,5-8,10-15H2,1-2H3,(H,32,33). The number of benzene rings is 1. The first-order valence-electron chi connectivity index (χ1n) is 12.2. The molecule has 0 aromatic heterocycles. The number of carboxylic acid groups (broad SMARTS) is 1. The predicted octanol–water partition coefficient (Wildman–Crippen LogP) is 3.99. The van der Waals surface area contributed by atoms with Crippen LogP contribution in [-0.4, -0.2) is 73.0 Å². The van der Waals surface area contributed by atoms with Crippen LogP contribution in [0.3, 0.4) is 0 Å². The largest absolute Gasteiger partial charge is 0.465 e. The van der Waals surface area contributed by atoms with Crippen molar-refractivity contribution in [3.63, 3.8) is 0 Å². The SMILES string of the molecule is CC(C)COC(=O)C1(c2ccc(CN3CC4CN(C(=O)O)CC4C3)c(C(F)(F)F)c2)CCOCC1. The molecule has 3 aliphatic heterocycles. The van der Waals surface area contributed by atoms with Crippen LogP contribution in [0, 0.1) is 17.8 Å². The van der Waals surface area contributed by atoms with Gasteiger partial charge in [0, 0.05) is 45.9 Å². The van der Waals surface area contributed by atoms with Gasteiger partial charge in [0.15, 0.2) is 0 Å². The van der Waals surface area contributed by atoms with Crippen LogP contribution in [0.1, 0.15) is 43.4 Å². The van der Waals surface area contributed by atoms with Gasteiger partial charge >= 0.3 is 18.2 Å². The Labute approximate surface area is 203 Å². The van der Waals surface area contributed by atoms with Crippen molar-refractivity contribution in [1.82, 2.24) is 9.80 Å². The van der Waals surface area contributed by atoms with Crippen LogP contribution in [-0.2, 0) is 32.4 Å². The molecule has 3 aliphatic rings. The molecule has 35 heavy (non-hydrogen) atoms. The molecule has 1 aromatic rings. The molecule has 0 spiro atoms. The summed E-state index contributed by atoms with van der Waals surface area (Å²) in [5.74, 6) is -0.0981. The number of nitrogens with zero attached hydrogens (tertiary/aromatic N) is 2. The lowest BCUT2D eigenvalue weighted by Gasteiger charge is -2.36. The fraction of sp³-hybridized carbons (Fsp3) is 0.680. The van der Waals surface area contributed by atoms with Crippen LogP contribution in [0.5, 0.6) is 0 Å². The van der Waals surface area contributed by atoms with Gasteiger partial charge in [-0.3, -0.25) is 9.69 Å². The number of carbonyl (C=O) groups excluding carboxylic acids is 1. The van der Waals surface area contributed by atoms with Gasteiger partial charge in [-0.15, -0.1) is 0 Å². The molecule has 0 radical (unpaired) electrons. The molecule has 1 aromatic carbocycles. The molecule has 1 amide bonds. The zero-order valence-corrected chi connectivity index (χ0v) is 20.1. The number of ether oxygens (including phenoxy) is 2. The summed E-state index contributed by atoms with van der Waals surface area (Å²) in [6.07, 6.45) is -4.98. The van der Waals surface area contributed by atoms with Crippen molar-refractivity contribution in [2.75, 3.05) is 46.0 Å². The molecule has 3 heterocycles. The lowest BCUT2D eigenvalue weighted by atomic mass is 9.73. The third-order valence-corrected chi connectivity index (χ3v) is 7.48. The first kappa shape index (κ1) is 25.8. The highest BCUT2D eigenvalue weighted by Gasteiger charge is 2.46. The Hall–Kier alpha value is -2.33. The average Bonchev–Trinajstić information content (AvgIpc) is 3.36. The van der Waals surface area contributed by atoms with Gasteiger partial charge in [0.1, 0.15) is 0 Å². The third-order valence-electron chi connectivity index (χ3n) is 7.48. The van der Waals surface area contributed by atoms with E-state index in [1.54, 1.807) is 6.07 Å². The number of carbonyl (C=O) groups is 2. The maximum absolute atomic E-state index is 14.2. The molecule has 10 heteroatoms. The van der Waals surface area contributed by atoms with Gasteiger partial charge in [0.2, 0.25) is 0 Å². The van der Waals surface area contributed by atoms with Gasteiger partial charge in [-0.1, -0.05) is 26.0 Å². The zero-order valence-electron chi connectivity index (χ0n) is 20.1. The average molecular weight is 499 g/mol. The van der Waals surface area contributed by atoms with Gasteiger partial charge in [0.25, 0.3) is 0 Å². The second-order valence-corrected chi connectivity index (χ2v) is 10.5. The number of amides is 1. The van der Waals surface area contributed by atoms with Crippen molar-refractivity contribution < 1.29 is 37.3 Å². The molecule has 2 unspecified atom stereocenters. The van der Waals surface area contributed by atoms with E-state index >= 15 is 0 Å². The smallest absolute Gasteiger partial charge is 0.416 e. The van der Waals surface area contributed by atoms with Crippen molar-refractivity contribution in [3.05, 3.63) is 34.9 Å². The Morgan fingerprint density at radius 3 is 2.31 bits per heavy atom. The number of likely N-dealkylation sites (tertiary alicyclic amines) is 2. The normalized spacial score (nSPS) is 24.6. The highest BCUT2D eigenvalue weighted by atomic mass is 19.4. The van der Waals surface area contributed by atoms with Crippen molar-refractivity contribution in [2.45, 2.75) is 44.8 Å². The minimum atomic E-state index is -4.57. The van der Waals surface area contributed by atoms with E-state index in [-0.39, 0.29) is 62.5 Å². The Morgan fingerprint density at radius 1 is 1.14 bits per heavy atom.